The summed E-state index contributed by atoms with van der Waals surface area (Å²) in [6.07, 6.45) is 0.747. The van der Waals surface area contributed by atoms with Gasteiger partial charge in [0.1, 0.15) is 12.6 Å². The minimum absolute atomic E-state index is 0.0185. The van der Waals surface area contributed by atoms with Crippen LogP contribution in [0.2, 0.25) is 5.02 Å². The number of amides is 1. The topological polar surface area (TPSA) is 59.4 Å². The molecule has 0 saturated carbocycles. The molecule has 1 fully saturated rings. The Morgan fingerprint density at radius 3 is 2.59 bits per heavy atom. The molecule has 2 atom stereocenters. The molecule has 1 heterocycles. The highest BCUT2D eigenvalue weighted by Gasteiger charge is 2.35. The van der Waals surface area contributed by atoms with Crippen LogP contribution in [0.1, 0.15) is 18.9 Å². The lowest BCUT2D eigenvalue weighted by Gasteiger charge is -2.27. The predicted octanol–water partition coefficient (Wildman–Crippen LogP) is 3.92. The molecule has 0 bridgehead atoms. The van der Waals surface area contributed by atoms with Gasteiger partial charge < -0.3 is 15.1 Å². The lowest BCUT2D eigenvalue weighted by molar-refractivity contribution is -0.122. The summed E-state index contributed by atoms with van der Waals surface area (Å²) in [5, 5.41) is 12.1. The molecule has 5 nitrogen and oxygen atoms in total. The lowest BCUT2D eigenvalue weighted by Crippen LogP contribution is -2.43. The summed E-state index contributed by atoms with van der Waals surface area (Å²) < 4.78 is 0. The number of halogens is 1. The maximum atomic E-state index is 12.6. The molecule has 0 radical (unpaired) electrons. The van der Waals surface area contributed by atoms with Crippen LogP contribution in [-0.4, -0.2) is 44.0 Å². The van der Waals surface area contributed by atoms with Crippen molar-refractivity contribution in [2.24, 2.45) is 5.92 Å². The van der Waals surface area contributed by atoms with Crippen molar-refractivity contribution in [3.05, 3.63) is 53.1 Å². The zero-order valence-corrected chi connectivity index (χ0v) is 17.9. The first-order chi connectivity index (χ1) is 13.9. The fraction of sp³-hybridized carbons (Fsp3) is 0.391. The molecule has 29 heavy (non-hydrogen) atoms. The second-order valence-electron chi connectivity index (χ2n) is 7.99. The van der Waals surface area contributed by atoms with E-state index in [-0.39, 0.29) is 18.5 Å². The monoisotopic (exact) mass is 410 g/mol. The second-order valence-corrected chi connectivity index (χ2v) is 8.39. The largest absolute Gasteiger partial charge is 0.358 e. The van der Waals surface area contributed by atoms with Crippen molar-refractivity contribution in [2.75, 3.05) is 32.1 Å². The third-order valence-electron chi connectivity index (χ3n) is 5.20. The van der Waals surface area contributed by atoms with Gasteiger partial charge in [-0.05, 0) is 55.3 Å². The van der Waals surface area contributed by atoms with Crippen LogP contribution in [0.15, 0.2) is 42.5 Å². The van der Waals surface area contributed by atoms with Gasteiger partial charge in [0.15, 0.2) is 0 Å². The Balaban J connectivity index is 1.88. The average Bonchev–Trinajstić information content (AvgIpc) is 3.08. The normalized spacial score (nSPS) is 18.7. The summed E-state index contributed by atoms with van der Waals surface area (Å²) in [5.74, 6) is 0.253. The molecule has 0 aliphatic carbocycles. The first-order valence-electron chi connectivity index (χ1n) is 9.84. The SMILES string of the molecule is C[C@H]1C[C@@H](C(=O)NCC#N)N(c2cc(-c3ccc(CN(C)C)cc3)ccc2Cl)C1. The summed E-state index contributed by atoms with van der Waals surface area (Å²) in [6.45, 7) is 3.81. The van der Waals surface area contributed by atoms with Crippen molar-refractivity contribution in [1.29, 1.82) is 5.26 Å². The molecule has 2 aromatic carbocycles. The van der Waals surface area contributed by atoms with Crippen LogP contribution in [0.3, 0.4) is 0 Å². The van der Waals surface area contributed by atoms with Gasteiger partial charge >= 0.3 is 0 Å². The standard InChI is InChI=1S/C23H27ClN4O/c1-16-12-22(23(29)26-11-10-25)28(14-16)21-13-19(8-9-20(21)24)18-6-4-17(5-7-18)15-27(2)3/h4-9,13,16,22H,11-12,14-15H2,1-3H3,(H,26,29)/t16-,22-/m0/s1. The van der Waals surface area contributed by atoms with Gasteiger partial charge in [-0.3, -0.25) is 4.79 Å². The maximum absolute atomic E-state index is 12.6. The molecule has 1 N–H and O–H groups in total. The summed E-state index contributed by atoms with van der Waals surface area (Å²) in [4.78, 5) is 16.8. The quantitative estimate of drug-likeness (QED) is 0.733. The maximum Gasteiger partial charge on any atom is 0.243 e. The number of hydrogen-bond donors (Lipinski definition) is 1. The Morgan fingerprint density at radius 1 is 1.24 bits per heavy atom. The number of hydrogen-bond acceptors (Lipinski definition) is 4. The highest BCUT2D eigenvalue weighted by Crippen LogP contribution is 2.37. The number of anilines is 1. The van der Waals surface area contributed by atoms with E-state index in [9.17, 15) is 4.79 Å². The van der Waals surface area contributed by atoms with Gasteiger partial charge in [-0.15, -0.1) is 0 Å². The predicted molar refractivity (Wildman–Crippen MR) is 118 cm³/mol. The van der Waals surface area contributed by atoms with Gasteiger partial charge in [-0.2, -0.15) is 5.26 Å². The third-order valence-corrected chi connectivity index (χ3v) is 5.52. The molecule has 1 aliphatic rings. The number of benzene rings is 2. The Morgan fingerprint density at radius 2 is 1.93 bits per heavy atom. The smallest absolute Gasteiger partial charge is 0.243 e. The molecule has 0 aromatic heterocycles. The van der Waals surface area contributed by atoms with E-state index < -0.39 is 0 Å². The van der Waals surface area contributed by atoms with Crippen LogP contribution in [0.5, 0.6) is 0 Å². The Hall–Kier alpha value is -2.55. The Bertz CT molecular complexity index is 904. The lowest BCUT2D eigenvalue weighted by atomic mass is 10.0. The van der Waals surface area contributed by atoms with E-state index in [2.05, 4.69) is 66.5 Å². The van der Waals surface area contributed by atoms with Gasteiger partial charge in [0.2, 0.25) is 5.91 Å². The number of nitriles is 1. The van der Waals surface area contributed by atoms with E-state index in [0.717, 1.165) is 36.3 Å². The number of carbonyl (C=O) groups excluding carboxylic acids is 1. The van der Waals surface area contributed by atoms with Gasteiger partial charge in [-0.1, -0.05) is 48.9 Å². The van der Waals surface area contributed by atoms with Gasteiger partial charge in [-0.25, -0.2) is 0 Å². The van der Waals surface area contributed by atoms with Crippen LogP contribution < -0.4 is 10.2 Å². The highest BCUT2D eigenvalue weighted by molar-refractivity contribution is 6.33. The van der Waals surface area contributed by atoms with Crippen molar-refractivity contribution in [3.8, 4) is 17.2 Å². The summed E-state index contributed by atoms with van der Waals surface area (Å²) >= 11 is 6.54. The zero-order valence-electron chi connectivity index (χ0n) is 17.2. The number of carbonyl (C=O) groups is 1. The zero-order chi connectivity index (χ0) is 21.0. The fourth-order valence-corrected chi connectivity index (χ4v) is 4.11. The first kappa shape index (κ1) is 21.2. The minimum atomic E-state index is -0.312. The van der Waals surface area contributed by atoms with E-state index in [1.807, 2.05) is 18.2 Å². The average molecular weight is 411 g/mol. The Kier molecular flexibility index (Phi) is 6.79. The molecule has 0 spiro atoms. The van der Waals surface area contributed by atoms with E-state index >= 15 is 0 Å². The molecular weight excluding hydrogens is 384 g/mol. The molecule has 2 aromatic rings. The van der Waals surface area contributed by atoms with Crippen LogP contribution in [0.4, 0.5) is 5.69 Å². The van der Waals surface area contributed by atoms with Crippen molar-refractivity contribution >= 4 is 23.2 Å². The molecule has 1 aliphatic heterocycles. The molecule has 6 heteroatoms. The number of nitrogens with one attached hydrogen (secondary N) is 1. The van der Waals surface area contributed by atoms with Crippen molar-refractivity contribution < 1.29 is 4.79 Å². The summed E-state index contributed by atoms with van der Waals surface area (Å²) in [5.41, 5.74) is 4.30. The fourth-order valence-electron chi connectivity index (χ4n) is 3.89. The van der Waals surface area contributed by atoms with E-state index in [0.29, 0.717) is 10.9 Å². The van der Waals surface area contributed by atoms with Crippen LogP contribution >= 0.6 is 11.6 Å². The Labute approximate surface area is 177 Å². The van der Waals surface area contributed by atoms with E-state index in [1.54, 1.807) is 0 Å². The van der Waals surface area contributed by atoms with Gasteiger partial charge in [0, 0.05) is 13.1 Å². The molecule has 3 rings (SSSR count). The molecule has 1 saturated heterocycles. The summed E-state index contributed by atoms with van der Waals surface area (Å²) in [7, 11) is 4.11. The number of nitrogens with zero attached hydrogens (tertiary/aromatic N) is 3. The molecular formula is C23H27ClN4O. The van der Waals surface area contributed by atoms with Gasteiger partial charge in [0.05, 0.1) is 16.8 Å². The van der Waals surface area contributed by atoms with Crippen LogP contribution in [0.25, 0.3) is 11.1 Å². The van der Waals surface area contributed by atoms with Crippen molar-refractivity contribution in [2.45, 2.75) is 25.9 Å². The third kappa shape index (κ3) is 5.09. The van der Waals surface area contributed by atoms with Crippen molar-refractivity contribution in [1.82, 2.24) is 10.2 Å². The van der Waals surface area contributed by atoms with Crippen molar-refractivity contribution in [3.63, 3.8) is 0 Å². The summed E-state index contributed by atoms with van der Waals surface area (Å²) in [6, 6.07) is 16.1. The second kappa shape index (κ2) is 9.30. The number of rotatable bonds is 6. The van der Waals surface area contributed by atoms with Gasteiger partial charge in [0.25, 0.3) is 0 Å². The van der Waals surface area contributed by atoms with Crippen LogP contribution in [0, 0.1) is 17.2 Å². The molecule has 1 amide bonds. The first-order valence-corrected chi connectivity index (χ1v) is 10.2. The highest BCUT2D eigenvalue weighted by atomic mass is 35.5. The molecule has 152 valence electrons. The minimum Gasteiger partial charge on any atom is -0.358 e. The van der Waals surface area contributed by atoms with Crippen LogP contribution in [-0.2, 0) is 11.3 Å². The molecule has 0 unspecified atom stereocenters. The van der Waals surface area contributed by atoms with E-state index in [1.165, 1.54) is 5.56 Å². The van der Waals surface area contributed by atoms with E-state index in [4.69, 9.17) is 16.9 Å².